The van der Waals surface area contributed by atoms with Gasteiger partial charge in [0.1, 0.15) is 12.3 Å². The minimum absolute atomic E-state index is 0.147. The lowest BCUT2D eigenvalue weighted by Gasteiger charge is -2.17. The number of likely N-dealkylation sites (N-methyl/N-ethyl adjacent to an activating group) is 1. The first kappa shape index (κ1) is 25.4. The molecule has 0 atom stereocenters. The van der Waals surface area contributed by atoms with Gasteiger partial charge in [0.15, 0.2) is 17.5 Å². The van der Waals surface area contributed by atoms with Crippen LogP contribution in [0.2, 0.25) is 0 Å². The number of hydrogen-bond acceptors (Lipinski definition) is 6. The van der Waals surface area contributed by atoms with Gasteiger partial charge in [-0.15, -0.1) is 0 Å². The highest BCUT2D eigenvalue weighted by Gasteiger charge is 2.18. The van der Waals surface area contributed by atoms with Crippen molar-refractivity contribution in [3.8, 4) is 5.75 Å². The molecule has 0 aliphatic carbocycles. The van der Waals surface area contributed by atoms with E-state index in [2.05, 4.69) is 20.4 Å². The number of aryl methyl sites for hydroxylation is 1. The van der Waals surface area contributed by atoms with E-state index in [1.807, 2.05) is 0 Å². The normalized spacial score (nSPS) is 11.0. The molecule has 0 unspecified atom stereocenters. The Balaban J connectivity index is 2.10. The van der Waals surface area contributed by atoms with Gasteiger partial charge in [-0.1, -0.05) is 0 Å². The fraction of sp³-hybridized carbons (Fsp3) is 0.238. The highest BCUT2D eigenvalue weighted by Crippen LogP contribution is 2.25. The minimum atomic E-state index is -3.05. The summed E-state index contributed by atoms with van der Waals surface area (Å²) in [5.41, 5.74) is -1.76. The zero-order valence-electron chi connectivity index (χ0n) is 18.2. The molecule has 0 fully saturated rings. The molecule has 2 N–H and O–H groups in total. The van der Waals surface area contributed by atoms with Crippen molar-refractivity contribution in [2.75, 3.05) is 12.4 Å². The topological polar surface area (TPSA) is 107 Å². The van der Waals surface area contributed by atoms with Gasteiger partial charge in [-0.2, -0.15) is 13.8 Å². The molecule has 1 heterocycles. The number of anilines is 2. The number of nitrogens with one attached hydrogen (secondary N) is 2. The number of halogens is 5. The molecule has 9 nitrogen and oxygen atoms in total. The summed E-state index contributed by atoms with van der Waals surface area (Å²) in [5.74, 6) is -5.93. The first-order valence-electron chi connectivity index (χ1n) is 9.88. The van der Waals surface area contributed by atoms with Crippen molar-refractivity contribution in [2.24, 2.45) is 0 Å². The van der Waals surface area contributed by atoms with Gasteiger partial charge in [0.25, 0.3) is 0 Å². The zero-order valence-corrected chi connectivity index (χ0v) is 18.2. The lowest BCUT2D eigenvalue weighted by atomic mass is 10.2. The van der Waals surface area contributed by atoms with Crippen molar-refractivity contribution >= 4 is 17.5 Å². The van der Waals surface area contributed by atoms with Gasteiger partial charge < -0.3 is 15.4 Å². The molecule has 3 aromatic rings. The molecular formula is C21H18F5N5O4. The zero-order chi connectivity index (χ0) is 25.9. The average molecular weight is 499 g/mol. The maximum Gasteiger partial charge on any atom is 0.387 e. The van der Waals surface area contributed by atoms with Crippen molar-refractivity contribution in [3.63, 3.8) is 0 Å². The number of ether oxygens (including phenoxy) is 1. The van der Waals surface area contributed by atoms with E-state index in [9.17, 15) is 36.3 Å². The Morgan fingerprint density at radius 2 is 1.74 bits per heavy atom. The Hall–Kier alpha value is -4.23. The van der Waals surface area contributed by atoms with E-state index in [1.54, 1.807) is 0 Å². The van der Waals surface area contributed by atoms with Gasteiger partial charge in [-0.05, 0) is 48.4 Å². The minimum Gasteiger partial charge on any atom is -0.435 e. The van der Waals surface area contributed by atoms with Crippen molar-refractivity contribution in [1.29, 1.82) is 0 Å². The van der Waals surface area contributed by atoms with Crippen LogP contribution in [0.4, 0.5) is 33.6 Å². The number of carbonyl (C=O) groups excluding carboxylic acids is 1. The van der Waals surface area contributed by atoms with Crippen molar-refractivity contribution < 1.29 is 31.5 Å². The average Bonchev–Trinajstić information content (AvgIpc) is 2.78. The van der Waals surface area contributed by atoms with Crippen LogP contribution in [0.3, 0.4) is 0 Å². The highest BCUT2D eigenvalue weighted by molar-refractivity contribution is 5.75. The van der Waals surface area contributed by atoms with Crippen molar-refractivity contribution in [3.05, 3.63) is 79.9 Å². The van der Waals surface area contributed by atoms with Gasteiger partial charge >= 0.3 is 18.0 Å². The number of rotatable bonds is 8. The summed E-state index contributed by atoms with van der Waals surface area (Å²) in [5, 5.41) is 4.93. The smallest absolute Gasteiger partial charge is 0.387 e. The summed E-state index contributed by atoms with van der Waals surface area (Å²) in [7, 11) is 1.28. The summed E-state index contributed by atoms with van der Waals surface area (Å²) in [6, 6.07) is 5.09. The largest absolute Gasteiger partial charge is 0.435 e. The SMILES string of the molecule is CNC(=O)Cn1c(=O)nc(Nc2ccc(OC(F)F)cc2C)n(Cc2cc(F)c(F)c(F)c2)c1=O. The molecule has 186 valence electrons. The maximum atomic E-state index is 13.7. The fourth-order valence-corrected chi connectivity index (χ4v) is 3.08. The van der Waals surface area contributed by atoms with Gasteiger partial charge in [0.05, 0.1) is 6.54 Å². The van der Waals surface area contributed by atoms with Crippen LogP contribution in [0.1, 0.15) is 11.1 Å². The molecule has 1 amide bonds. The first-order chi connectivity index (χ1) is 16.5. The van der Waals surface area contributed by atoms with E-state index < -0.39 is 54.4 Å². The van der Waals surface area contributed by atoms with Gasteiger partial charge in [-0.25, -0.2) is 27.3 Å². The Morgan fingerprint density at radius 1 is 1.09 bits per heavy atom. The highest BCUT2D eigenvalue weighted by atomic mass is 19.3. The Kier molecular flexibility index (Phi) is 7.52. The third-order valence-electron chi connectivity index (χ3n) is 4.78. The molecule has 1 aromatic heterocycles. The number of carbonyl (C=O) groups is 1. The number of alkyl halides is 2. The molecule has 2 aromatic carbocycles. The summed E-state index contributed by atoms with van der Waals surface area (Å²) >= 11 is 0. The van der Waals surface area contributed by atoms with Crippen LogP contribution in [0.15, 0.2) is 39.9 Å². The first-order valence-corrected chi connectivity index (χ1v) is 9.88. The van der Waals surface area contributed by atoms with Crippen LogP contribution in [-0.2, 0) is 17.9 Å². The molecule has 0 aliphatic heterocycles. The predicted octanol–water partition coefficient (Wildman–Crippen LogP) is 2.27. The second kappa shape index (κ2) is 10.4. The number of hydrogen-bond donors (Lipinski definition) is 2. The Labute approximate surface area is 193 Å². The lowest BCUT2D eigenvalue weighted by molar-refractivity contribution is -0.121. The molecule has 35 heavy (non-hydrogen) atoms. The van der Waals surface area contributed by atoms with Crippen LogP contribution in [0.5, 0.6) is 5.75 Å². The fourth-order valence-electron chi connectivity index (χ4n) is 3.08. The molecular weight excluding hydrogens is 481 g/mol. The lowest BCUT2D eigenvalue weighted by Crippen LogP contribution is -2.45. The van der Waals surface area contributed by atoms with Gasteiger partial charge in [-0.3, -0.25) is 9.36 Å². The summed E-state index contributed by atoms with van der Waals surface area (Å²) < 4.78 is 71.3. The molecule has 0 saturated heterocycles. The molecule has 0 bridgehead atoms. The predicted molar refractivity (Wildman–Crippen MR) is 113 cm³/mol. The summed E-state index contributed by atoms with van der Waals surface area (Å²) in [6.45, 7) is -2.79. The van der Waals surface area contributed by atoms with Crippen LogP contribution >= 0.6 is 0 Å². The molecule has 3 rings (SSSR count). The second-order valence-corrected chi connectivity index (χ2v) is 7.20. The van der Waals surface area contributed by atoms with E-state index in [1.165, 1.54) is 32.2 Å². The quantitative estimate of drug-likeness (QED) is 0.364. The van der Waals surface area contributed by atoms with E-state index in [0.29, 0.717) is 22.3 Å². The second-order valence-electron chi connectivity index (χ2n) is 7.20. The summed E-state index contributed by atoms with van der Waals surface area (Å²) in [6.07, 6.45) is 0. The number of aromatic nitrogens is 3. The summed E-state index contributed by atoms with van der Waals surface area (Å²) in [4.78, 5) is 41.0. The standard InChI is InChI=1S/C21H18F5N5O4/c1-10-5-12(35-18(25)26)3-4-15(10)28-19-29-20(33)31(9-16(32)27-2)21(34)30(19)8-11-6-13(22)17(24)14(23)7-11/h3-7,18H,8-9H2,1-2H3,(H,27,32)(H,28,29,33). The van der Waals surface area contributed by atoms with Crippen LogP contribution < -0.4 is 26.7 Å². The third-order valence-corrected chi connectivity index (χ3v) is 4.78. The van der Waals surface area contributed by atoms with E-state index >= 15 is 0 Å². The van der Waals surface area contributed by atoms with Crippen LogP contribution in [0, 0.1) is 24.4 Å². The van der Waals surface area contributed by atoms with E-state index in [-0.39, 0.29) is 22.9 Å². The van der Waals surface area contributed by atoms with Gasteiger partial charge in [0.2, 0.25) is 11.9 Å². The van der Waals surface area contributed by atoms with E-state index in [4.69, 9.17) is 0 Å². The Morgan fingerprint density at radius 3 is 2.31 bits per heavy atom. The van der Waals surface area contributed by atoms with Gasteiger partial charge in [0, 0.05) is 12.7 Å². The number of benzene rings is 2. The molecule has 14 heteroatoms. The Bertz CT molecular complexity index is 1370. The molecule has 0 spiro atoms. The molecule has 0 saturated carbocycles. The third kappa shape index (κ3) is 5.83. The molecule has 0 radical (unpaired) electrons. The maximum absolute atomic E-state index is 13.7. The van der Waals surface area contributed by atoms with Crippen molar-refractivity contribution in [1.82, 2.24) is 19.4 Å². The monoisotopic (exact) mass is 499 g/mol. The van der Waals surface area contributed by atoms with E-state index in [0.717, 1.165) is 4.57 Å². The molecule has 0 aliphatic rings. The van der Waals surface area contributed by atoms with Crippen molar-refractivity contribution in [2.45, 2.75) is 26.6 Å². The van der Waals surface area contributed by atoms with Crippen LogP contribution in [-0.4, -0.2) is 33.7 Å². The number of amides is 1. The number of nitrogens with zero attached hydrogens (tertiary/aromatic N) is 3. The van der Waals surface area contributed by atoms with Crippen LogP contribution in [0.25, 0.3) is 0 Å².